The number of hydrogen-bond donors (Lipinski definition) is 1. The zero-order chi connectivity index (χ0) is 19.4. The van der Waals surface area contributed by atoms with Crippen LogP contribution in [-0.4, -0.2) is 45.1 Å². The molecule has 8 nitrogen and oxygen atoms in total. The number of benzene rings is 1. The van der Waals surface area contributed by atoms with E-state index in [1.807, 2.05) is 0 Å². The second-order valence-corrected chi connectivity index (χ2v) is 8.09. The summed E-state index contributed by atoms with van der Waals surface area (Å²) in [4.78, 5) is 12.1. The molecule has 2 aromatic rings. The lowest BCUT2D eigenvalue weighted by Gasteiger charge is -2.18. The van der Waals surface area contributed by atoms with Crippen molar-refractivity contribution in [1.82, 2.24) is 4.31 Å². The second-order valence-electron chi connectivity index (χ2n) is 6.00. The number of ether oxygens (including phenoxy) is 2. The van der Waals surface area contributed by atoms with Gasteiger partial charge in [-0.1, -0.05) is 0 Å². The third-order valence-corrected chi connectivity index (χ3v) is 5.10. The van der Waals surface area contributed by atoms with E-state index < -0.39 is 10.0 Å². The summed E-state index contributed by atoms with van der Waals surface area (Å²) in [5.74, 6) is 1.84. The first-order valence-electron chi connectivity index (χ1n) is 8.20. The zero-order valence-corrected chi connectivity index (χ0v) is 15.8. The van der Waals surface area contributed by atoms with E-state index >= 15 is 0 Å². The van der Waals surface area contributed by atoms with Gasteiger partial charge in [-0.25, -0.2) is 8.42 Å². The third kappa shape index (κ3) is 5.11. The Balaban J connectivity index is 1.59. The van der Waals surface area contributed by atoms with Crippen molar-refractivity contribution in [1.29, 1.82) is 0 Å². The average Bonchev–Trinajstić information content (AvgIpc) is 3.06. The summed E-state index contributed by atoms with van der Waals surface area (Å²) in [5, 5.41) is 2.73. The van der Waals surface area contributed by atoms with Crippen LogP contribution >= 0.6 is 0 Å². The van der Waals surface area contributed by atoms with Crippen LogP contribution in [0.1, 0.15) is 11.5 Å². The number of nitrogens with zero attached hydrogens (tertiary/aromatic N) is 1. The van der Waals surface area contributed by atoms with E-state index in [4.69, 9.17) is 13.9 Å². The molecule has 1 aromatic carbocycles. The molecular formula is C18H20N2O6S. The van der Waals surface area contributed by atoms with Gasteiger partial charge in [-0.2, -0.15) is 4.31 Å². The Kier molecular flexibility index (Phi) is 5.52. The Morgan fingerprint density at radius 3 is 2.67 bits per heavy atom. The van der Waals surface area contributed by atoms with Crippen LogP contribution in [0.25, 0.3) is 6.08 Å². The normalized spacial score (nSPS) is 13.9. The molecule has 0 saturated heterocycles. The van der Waals surface area contributed by atoms with Crippen molar-refractivity contribution in [2.24, 2.45) is 0 Å². The van der Waals surface area contributed by atoms with Crippen molar-refractivity contribution in [3.63, 3.8) is 0 Å². The number of nitrogens with one attached hydrogen (secondary N) is 1. The first-order valence-corrected chi connectivity index (χ1v) is 10.0. The highest BCUT2D eigenvalue weighted by Crippen LogP contribution is 2.32. The van der Waals surface area contributed by atoms with Crippen molar-refractivity contribution in [3.8, 4) is 11.5 Å². The SMILES string of the molecule is CN(Cc1ccc(/C=C/C(=O)Nc2ccc3c(c2)OCCO3)o1)S(C)(=O)=O. The molecule has 144 valence electrons. The van der Waals surface area contributed by atoms with Crippen LogP contribution in [0.4, 0.5) is 5.69 Å². The van der Waals surface area contributed by atoms with E-state index in [9.17, 15) is 13.2 Å². The van der Waals surface area contributed by atoms with E-state index in [1.165, 1.54) is 23.5 Å². The first-order chi connectivity index (χ1) is 12.8. The minimum Gasteiger partial charge on any atom is -0.486 e. The Morgan fingerprint density at radius 2 is 1.93 bits per heavy atom. The molecule has 0 unspecified atom stereocenters. The molecule has 0 fully saturated rings. The average molecular weight is 392 g/mol. The van der Waals surface area contributed by atoms with Crippen molar-refractivity contribution in [2.75, 3.05) is 31.8 Å². The van der Waals surface area contributed by atoms with E-state index in [0.29, 0.717) is 41.9 Å². The quantitative estimate of drug-likeness (QED) is 0.756. The number of fused-ring (bicyclic) bond motifs is 1. The minimum atomic E-state index is -3.29. The van der Waals surface area contributed by atoms with Gasteiger partial charge in [0.05, 0.1) is 12.8 Å². The summed E-state index contributed by atoms with van der Waals surface area (Å²) in [5.41, 5.74) is 0.587. The molecule has 3 rings (SSSR count). The lowest BCUT2D eigenvalue weighted by molar-refractivity contribution is -0.111. The lowest BCUT2D eigenvalue weighted by Crippen LogP contribution is -2.24. The maximum atomic E-state index is 12.1. The third-order valence-electron chi connectivity index (χ3n) is 3.84. The molecule has 1 amide bonds. The van der Waals surface area contributed by atoms with Crippen molar-refractivity contribution in [2.45, 2.75) is 6.54 Å². The zero-order valence-electron chi connectivity index (χ0n) is 15.0. The van der Waals surface area contributed by atoms with E-state index in [-0.39, 0.29) is 12.5 Å². The van der Waals surface area contributed by atoms with Crippen LogP contribution in [0.5, 0.6) is 11.5 Å². The molecule has 9 heteroatoms. The fourth-order valence-electron chi connectivity index (χ4n) is 2.37. The number of hydrogen-bond acceptors (Lipinski definition) is 6. The second kappa shape index (κ2) is 7.85. The topological polar surface area (TPSA) is 98.1 Å². The van der Waals surface area contributed by atoms with E-state index in [2.05, 4.69) is 5.32 Å². The number of carbonyl (C=O) groups excluding carboxylic acids is 1. The van der Waals surface area contributed by atoms with Gasteiger partial charge in [-0.05, 0) is 30.3 Å². The highest BCUT2D eigenvalue weighted by Gasteiger charge is 2.14. The van der Waals surface area contributed by atoms with Gasteiger partial charge in [0, 0.05) is 24.9 Å². The van der Waals surface area contributed by atoms with Crippen LogP contribution in [0.2, 0.25) is 0 Å². The summed E-state index contributed by atoms with van der Waals surface area (Å²) in [7, 11) is -1.82. The smallest absolute Gasteiger partial charge is 0.248 e. The standard InChI is InChI=1S/C18H20N2O6S/c1-20(27(2,22)23)12-15-5-4-14(26-15)6-8-18(21)19-13-3-7-16-17(11-13)25-10-9-24-16/h3-8,11H,9-10,12H2,1-2H3,(H,19,21)/b8-6+. The fourth-order valence-corrected chi connectivity index (χ4v) is 2.73. The Hall–Kier alpha value is -2.78. The molecule has 0 spiro atoms. The highest BCUT2D eigenvalue weighted by molar-refractivity contribution is 7.88. The number of amides is 1. The molecule has 0 atom stereocenters. The summed E-state index contributed by atoms with van der Waals surface area (Å²) < 4.78 is 40.4. The largest absolute Gasteiger partial charge is 0.486 e. The summed E-state index contributed by atoms with van der Waals surface area (Å²) in [6, 6.07) is 8.50. The van der Waals surface area contributed by atoms with Crippen LogP contribution in [0, 0.1) is 0 Å². The van der Waals surface area contributed by atoms with Crippen LogP contribution < -0.4 is 14.8 Å². The number of rotatable bonds is 6. The van der Waals surface area contributed by atoms with Crippen LogP contribution in [0.3, 0.4) is 0 Å². The fraction of sp³-hybridized carbons (Fsp3) is 0.278. The molecule has 0 radical (unpaired) electrons. The number of carbonyl (C=O) groups is 1. The number of sulfonamides is 1. The molecule has 1 aliphatic rings. The van der Waals surface area contributed by atoms with Gasteiger partial charge in [0.1, 0.15) is 24.7 Å². The molecule has 2 heterocycles. The maximum absolute atomic E-state index is 12.1. The molecule has 27 heavy (non-hydrogen) atoms. The molecule has 1 aliphatic heterocycles. The predicted molar refractivity (Wildman–Crippen MR) is 100 cm³/mol. The Bertz CT molecular complexity index is 964. The van der Waals surface area contributed by atoms with E-state index in [1.54, 1.807) is 30.3 Å². The van der Waals surface area contributed by atoms with Crippen molar-refractivity contribution in [3.05, 3.63) is 47.9 Å². The molecule has 1 aromatic heterocycles. The van der Waals surface area contributed by atoms with Crippen LogP contribution in [0.15, 0.2) is 40.8 Å². The molecule has 0 bridgehead atoms. The van der Waals surface area contributed by atoms with Crippen molar-refractivity contribution < 1.29 is 27.1 Å². The Morgan fingerprint density at radius 1 is 1.19 bits per heavy atom. The Labute approximate surface area is 157 Å². The van der Waals surface area contributed by atoms with Gasteiger partial charge in [0.15, 0.2) is 11.5 Å². The van der Waals surface area contributed by atoms with Crippen molar-refractivity contribution >= 4 is 27.7 Å². The molecule has 1 N–H and O–H groups in total. The monoisotopic (exact) mass is 392 g/mol. The number of furan rings is 1. The van der Waals surface area contributed by atoms with Gasteiger partial charge >= 0.3 is 0 Å². The molecular weight excluding hydrogens is 372 g/mol. The van der Waals surface area contributed by atoms with Gasteiger partial charge in [-0.15, -0.1) is 0 Å². The summed E-state index contributed by atoms with van der Waals surface area (Å²) in [6.45, 7) is 1.10. The van der Waals surface area contributed by atoms with Gasteiger partial charge < -0.3 is 19.2 Å². The number of anilines is 1. The van der Waals surface area contributed by atoms with Gasteiger partial charge in [0.25, 0.3) is 0 Å². The van der Waals surface area contributed by atoms with Crippen LogP contribution in [-0.2, 0) is 21.4 Å². The van der Waals surface area contributed by atoms with Gasteiger partial charge in [0.2, 0.25) is 15.9 Å². The molecule has 0 aliphatic carbocycles. The summed E-state index contributed by atoms with van der Waals surface area (Å²) in [6.07, 6.45) is 3.97. The van der Waals surface area contributed by atoms with E-state index in [0.717, 1.165) is 6.26 Å². The predicted octanol–water partition coefficient (Wildman–Crippen LogP) is 2.09. The molecule has 0 saturated carbocycles. The minimum absolute atomic E-state index is 0.121. The highest BCUT2D eigenvalue weighted by atomic mass is 32.2. The maximum Gasteiger partial charge on any atom is 0.248 e. The summed E-state index contributed by atoms with van der Waals surface area (Å²) >= 11 is 0. The van der Waals surface area contributed by atoms with Gasteiger partial charge in [-0.3, -0.25) is 4.79 Å². The first kappa shape index (κ1) is 19.0. The lowest BCUT2D eigenvalue weighted by atomic mass is 10.2.